The molecule has 0 saturated carbocycles. The summed E-state index contributed by atoms with van der Waals surface area (Å²) in [7, 11) is -3.57. The van der Waals surface area contributed by atoms with E-state index in [-0.39, 0.29) is 5.75 Å². The molecule has 1 unspecified atom stereocenters. The molecule has 0 amide bonds. The number of rotatable bonds is 16. The number of aryl methyl sites for hydroxylation is 1. The van der Waals surface area contributed by atoms with E-state index in [9.17, 15) is 8.42 Å². The third kappa shape index (κ3) is 9.43. The number of benzene rings is 3. The molecule has 218 valence electrons. The van der Waals surface area contributed by atoms with Crippen molar-refractivity contribution < 1.29 is 8.42 Å². The standard InChI is InChI=1S/C32H39ClN4O2S2/c1-3-4-5-6-7-14-21-41(38,39)36-29(22-26-15-10-8-11-16-26)31-34-35-32(40-24-27-17-12-9-13-18-27)37(31)30-23-28(33)20-19-25(30)2/h8-13,15-20,23,29,36H,3-7,14,21-22,24H2,1-2H3. The molecular weight excluding hydrogens is 572 g/mol. The van der Waals surface area contributed by atoms with Gasteiger partial charge in [0, 0.05) is 10.8 Å². The molecule has 41 heavy (non-hydrogen) atoms. The molecule has 0 aliphatic rings. The molecule has 6 nitrogen and oxygen atoms in total. The summed E-state index contributed by atoms with van der Waals surface area (Å²) < 4.78 is 31.7. The molecule has 9 heteroatoms. The number of nitrogens with one attached hydrogen (secondary N) is 1. The number of thioether (sulfide) groups is 1. The Morgan fingerprint density at radius 2 is 1.54 bits per heavy atom. The third-order valence-electron chi connectivity index (χ3n) is 6.96. The zero-order valence-corrected chi connectivity index (χ0v) is 26.2. The number of sulfonamides is 1. The number of hydrogen-bond donors (Lipinski definition) is 1. The Balaban J connectivity index is 1.68. The lowest BCUT2D eigenvalue weighted by Gasteiger charge is -2.21. The van der Waals surface area contributed by atoms with Crippen molar-refractivity contribution >= 4 is 33.4 Å². The molecule has 0 bridgehead atoms. The highest BCUT2D eigenvalue weighted by molar-refractivity contribution is 7.98. The van der Waals surface area contributed by atoms with Gasteiger partial charge in [0.1, 0.15) is 0 Å². The second kappa shape index (κ2) is 15.5. The van der Waals surface area contributed by atoms with Crippen LogP contribution >= 0.6 is 23.4 Å². The van der Waals surface area contributed by atoms with Crippen LogP contribution in [0.1, 0.15) is 74.0 Å². The van der Waals surface area contributed by atoms with Crippen LogP contribution in [0, 0.1) is 6.92 Å². The highest BCUT2D eigenvalue weighted by Gasteiger charge is 2.28. The molecule has 1 atom stereocenters. The Hall–Kier alpha value is -2.65. The van der Waals surface area contributed by atoms with Gasteiger partial charge in [0.05, 0.1) is 17.5 Å². The summed E-state index contributed by atoms with van der Waals surface area (Å²) in [6, 6.07) is 25.2. The minimum atomic E-state index is -3.57. The van der Waals surface area contributed by atoms with Crippen molar-refractivity contribution in [2.24, 2.45) is 0 Å². The van der Waals surface area contributed by atoms with E-state index in [1.165, 1.54) is 12.8 Å². The highest BCUT2D eigenvalue weighted by Crippen LogP contribution is 2.32. The SMILES string of the molecule is CCCCCCCCS(=O)(=O)NC(Cc1ccccc1)c1nnc(SCc2ccccc2)n1-c1cc(Cl)ccc1C. The Morgan fingerprint density at radius 3 is 2.24 bits per heavy atom. The highest BCUT2D eigenvalue weighted by atomic mass is 35.5. The maximum Gasteiger partial charge on any atom is 0.212 e. The van der Waals surface area contributed by atoms with Crippen LogP contribution in [0.4, 0.5) is 0 Å². The number of halogens is 1. The van der Waals surface area contributed by atoms with Gasteiger partial charge in [0.25, 0.3) is 0 Å². The maximum atomic E-state index is 13.4. The van der Waals surface area contributed by atoms with Crippen molar-refractivity contribution in [1.29, 1.82) is 0 Å². The lowest BCUT2D eigenvalue weighted by Crippen LogP contribution is -2.33. The number of hydrogen-bond acceptors (Lipinski definition) is 5. The van der Waals surface area contributed by atoms with Crippen molar-refractivity contribution in [2.45, 2.75) is 75.7 Å². The molecule has 1 heterocycles. The summed E-state index contributed by atoms with van der Waals surface area (Å²) in [5.74, 6) is 1.33. The van der Waals surface area contributed by atoms with Gasteiger partial charge in [-0.1, -0.05) is 129 Å². The molecule has 4 rings (SSSR count). The summed E-state index contributed by atoms with van der Waals surface area (Å²) in [5, 5.41) is 10.5. The first kappa shape index (κ1) is 31.3. The van der Waals surface area contributed by atoms with Crippen LogP contribution in [0.15, 0.2) is 84.0 Å². The first-order valence-corrected chi connectivity index (χ1v) is 17.3. The third-order valence-corrected chi connectivity index (χ3v) is 9.67. The van der Waals surface area contributed by atoms with Gasteiger partial charge in [-0.05, 0) is 48.6 Å². The molecule has 0 radical (unpaired) electrons. The van der Waals surface area contributed by atoms with Gasteiger partial charge in [0.2, 0.25) is 10.0 Å². The normalized spacial score (nSPS) is 12.5. The Kier molecular flexibility index (Phi) is 11.9. The van der Waals surface area contributed by atoms with E-state index in [1.54, 1.807) is 11.8 Å². The van der Waals surface area contributed by atoms with Crippen molar-refractivity contribution in [3.63, 3.8) is 0 Å². The first-order valence-electron chi connectivity index (χ1n) is 14.3. The van der Waals surface area contributed by atoms with Crippen LogP contribution in [0.5, 0.6) is 0 Å². The lowest BCUT2D eigenvalue weighted by molar-refractivity contribution is 0.532. The zero-order valence-electron chi connectivity index (χ0n) is 23.8. The molecule has 1 N–H and O–H groups in total. The van der Waals surface area contributed by atoms with Gasteiger partial charge in [-0.3, -0.25) is 4.57 Å². The Labute approximate surface area is 254 Å². The van der Waals surface area contributed by atoms with Crippen LogP contribution in [-0.2, 0) is 22.2 Å². The number of unbranched alkanes of at least 4 members (excludes halogenated alkanes) is 5. The predicted molar refractivity (Wildman–Crippen MR) is 170 cm³/mol. The molecule has 0 fully saturated rings. The van der Waals surface area contributed by atoms with Gasteiger partial charge in [0.15, 0.2) is 11.0 Å². The average Bonchev–Trinajstić information content (AvgIpc) is 3.39. The van der Waals surface area contributed by atoms with Crippen molar-refractivity contribution in [3.8, 4) is 5.69 Å². The van der Waals surface area contributed by atoms with Crippen LogP contribution in [0.2, 0.25) is 5.02 Å². The van der Waals surface area contributed by atoms with E-state index in [4.69, 9.17) is 11.6 Å². The summed E-state index contributed by atoms with van der Waals surface area (Å²) in [5.41, 5.74) is 4.00. The number of nitrogens with zero attached hydrogens (tertiary/aromatic N) is 3. The van der Waals surface area contributed by atoms with Crippen LogP contribution < -0.4 is 4.72 Å². The van der Waals surface area contributed by atoms with E-state index >= 15 is 0 Å². The molecule has 4 aromatic rings. The van der Waals surface area contributed by atoms with E-state index in [2.05, 4.69) is 34.0 Å². The van der Waals surface area contributed by atoms with E-state index in [0.717, 1.165) is 41.6 Å². The lowest BCUT2D eigenvalue weighted by atomic mass is 10.1. The van der Waals surface area contributed by atoms with Crippen molar-refractivity contribution in [1.82, 2.24) is 19.5 Å². The quantitative estimate of drug-likeness (QED) is 0.102. The second-order valence-corrected chi connectivity index (χ2v) is 13.6. The van der Waals surface area contributed by atoms with Crippen molar-refractivity contribution in [2.75, 3.05) is 5.75 Å². The summed E-state index contributed by atoms with van der Waals surface area (Å²) in [6.07, 6.45) is 6.54. The smallest absolute Gasteiger partial charge is 0.212 e. The largest absolute Gasteiger partial charge is 0.272 e. The average molecular weight is 611 g/mol. The predicted octanol–water partition coefficient (Wildman–Crippen LogP) is 8.09. The van der Waals surface area contributed by atoms with E-state index in [1.807, 2.05) is 78.2 Å². The van der Waals surface area contributed by atoms with Gasteiger partial charge < -0.3 is 0 Å². The number of aromatic nitrogens is 3. The molecule has 0 aliphatic carbocycles. The fourth-order valence-electron chi connectivity index (χ4n) is 4.76. The van der Waals surface area contributed by atoms with Crippen molar-refractivity contribution in [3.05, 3.63) is 106 Å². The van der Waals surface area contributed by atoms with E-state index in [0.29, 0.717) is 34.6 Å². The Bertz CT molecular complexity index is 1480. The Morgan fingerprint density at radius 1 is 0.878 bits per heavy atom. The van der Waals surface area contributed by atoms with Crippen LogP contribution in [0.25, 0.3) is 5.69 Å². The first-order chi connectivity index (χ1) is 19.9. The van der Waals surface area contributed by atoms with Gasteiger partial charge in [-0.2, -0.15) is 0 Å². The fraction of sp³-hybridized carbons (Fsp3) is 0.375. The molecular formula is C32H39ClN4O2S2. The molecule has 0 spiro atoms. The second-order valence-electron chi connectivity index (χ2n) is 10.3. The van der Waals surface area contributed by atoms with Gasteiger partial charge in [-0.25, -0.2) is 13.1 Å². The summed E-state index contributed by atoms with van der Waals surface area (Å²) in [4.78, 5) is 0. The molecule has 1 aromatic heterocycles. The molecule has 0 aliphatic heterocycles. The van der Waals surface area contributed by atoms with Gasteiger partial charge >= 0.3 is 0 Å². The minimum Gasteiger partial charge on any atom is -0.272 e. The fourth-order valence-corrected chi connectivity index (χ4v) is 7.15. The minimum absolute atomic E-state index is 0.0877. The summed E-state index contributed by atoms with van der Waals surface area (Å²) in [6.45, 7) is 4.19. The summed E-state index contributed by atoms with van der Waals surface area (Å²) >= 11 is 8.02. The monoisotopic (exact) mass is 610 g/mol. The van der Waals surface area contributed by atoms with Crippen LogP contribution in [0.3, 0.4) is 0 Å². The topological polar surface area (TPSA) is 76.9 Å². The van der Waals surface area contributed by atoms with Crippen LogP contribution in [-0.4, -0.2) is 28.9 Å². The van der Waals surface area contributed by atoms with Gasteiger partial charge in [-0.15, -0.1) is 10.2 Å². The molecule has 0 saturated heterocycles. The van der Waals surface area contributed by atoms with E-state index < -0.39 is 16.1 Å². The molecule has 3 aromatic carbocycles. The zero-order chi connectivity index (χ0) is 29.1. The maximum absolute atomic E-state index is 13.4.